The van der Waals surface area contributed by atoms with E-state index in [1.807, 2.05) is 0 Å². The van der Waals surface area contributed by atoms with E-state index in [9.17, 15) is 19.2 Å². The van der Waals surface area contributed by atoms with E-state index in [0.717, 1.165) is 76.1 Å². The highest BCUT2D eigenvalue weighted by Gasteiger charge is 2.46. The molecule has 2 atom stereocenters. The van der Waals surface area contributed by atoms with Gasteiger partial charge < -0.3 is 14.9 Å². The zero-order valence-electron chi connectivity index (χ0n) is 31.7. The van der Waals surface area contributed by atoms with Crippen LogP contribution in [0.4, 0.5) is 0 Å². The summed E-state index contributed by atoms with van der Waals surface area (Å²) in [4.78, 5) is 77.9. The molecule has 2 bridgehead atoms. The Balaban J connectivity index is 0.000000218. The molecule has 0 saturated carbocycles. The number of halogens is 1. The summed E-state index contributed by atoms with van der Waals surface area (Å²) in [5.41, 5.74) is 1.29. The third-order valence-electron chi connectivity index (χ3n) is 11.0. The molecule has 300 valence electrons. The second-order valence-corrected chi connectivity index (χ2v) is 15.7. The Morgan fingerprint density at radius 3 is 1.80 bits per heavy atom. The molecule has 2 fully saturated rings. The molecule has 4 aliphatic rings. The first kappa shape index (κ1) is 41.9. The van der Waals surface area contributed by atoms with Gasteiger partial charge in [-0.2, -0.15) is 9.97 Å². The molecule has 0 spiro atoms. The zero-order chi connectivity index (χ0) is 39.7. The average molecular weight is 831 g/mol. The number of ether oxygens (including phenoxy) is 1. The van der Waals surface area contributed by atoms with Gasteiger partial charge in [-0.05, 0) is 89.2 Å². The smallest absolute Gasteiger partial charge is 0.414 e. The maximum atomic E-state index is 12.8. The molecule has 0 aliphatic carbocycles. The number of carbonyl (C=O) groups is 2. The van der Waals surface area contributed by atoms with E-state index in [4.69, 9.17) is 24.5 Å². The Morgan fingerprint density at radius 2 is 1.31 bits per heavy atom. The maximum absolute atomic E-state index is 12.8. The Morgan fingerprint density at radius 1 is 0.800 bits per heavy atom. The molecule has 7 rings (SSSR count). The van der Waals surface area contributed by atoms with Gasteiger partial charge >= 0.3 is 34.7 Å². The van der Waals surface area contributed by atoms with Gasteiger partial charge in [0.25, 0.3) is 0 Å². The van der Waals surface area contributed by atoms with Crippen molar-refractivity contribution in [1.29, 1.82) is 0 Å². The number of hydrogen-bond donors (Lipinski definition) is 2. The zero-order valence-corrected chi connectivity index (χ0v) is 33.2. The van der Waals surface area contributed by atoms with Crippen LogP contribution < -0.4 is 22.8 Å². The molecule has 0 radical (unpaired) electrons. The van der Waals surface area contributed by atoms with Crippen molar-refractivity contribution >= 4 is 27.9 Å². The van der Waals surface area contributed by atoms with Gasteiger partial charge in [-0.1, -0.05) is 40.2 Å². The molecule has 17 heteroatoms. The van der Waals surface area contributed by atoms with E-state index >= 15 is 0 Å². The highest BCUT2D eigenvalue weighted by atomic mass is 79.9. The molecule has 6 heterocycles. The molecule has 2 aromatic heterocycles. The number of fused-ring (bicyclic) bond motifs is 4. The second kappa shape index (κ2) is 19.1. The predicted octanol–water partition coefficient (Wildman–Crippen LogP) is 2.72. The number of rotatable bonds is 10. The third kappa shape index (κ3) is 10.6. The van der Waals surface area contributed by atoms with Gasteiger partial charge in [0.2, 0.25) is 0 Å². The third-order valence-corrected chi connectivity index (χ3v) is 11.5. The van der Waals surface area contributed by atoms with Crippen LogP contribution >= 0.6 is 15.9 Å². The number of carboxylic acids is 2. The van der Waals surface area contributed by atoms with Gasteiger partial charge in [0, 0.05) is 63.0 Å². The fraction of sp³-hybridized carbons (Fsp3) is 0.632. The van der Waals surface area contributed by atoms with Gasteiger partial charge in [-0.25, -0.2) is 37.9 Å². The number of aromatic nitrogens is 6. The Hall–Kier alpha value is -4.22. The fourth-order valence-corrected chi connectivity index (χ4v) is 8.38. The van der Waals surface area contributed by atoms with Gasteiger partial charge in [-0.15, -0.1) is 0 Å². The van der Waals surface area contributed by atoms with Crippen molar-refractivity contribution in [3.05, 3.63) is 89.0 Å². The molecule has 0 amide bonds. The van der Waals surface area contributed by atoms with Crippen LogP contribution in [0.1, 0.15) is 93.9 Å². The summed E-state index contributed by atoms with van der Waals surface area (Å²) in [6.45, 7) is 8.25. The van der Waals surface area contributed by atoms with Crippen molar-refractivity contribution in [1.82, 2.24) is 33.1 Å². The van der Waals surface area contributed by atoms with Crippen molar-refractivity contribution in [3.63, 3.8) is 0 Å². The SMILES string of the molecule is Cc1ccccc1COC1(C)CC2CCC(C1)N2CCCn1c(=O)nc2n(c1=O)CCCC2.O=C(O)C(=O)O.O=c1nc2n(c(=O)n1CCCBr)CCCC2. The van der Waals surface area contributed by atoms with Crippen molar-refractivity contribution < 1.29 is 24.5 Å². The van der Waals surface area contributed by atoms with Crippen LogP contribution in [-0.2, 0) is 60.0 Å². The minimum Gasteiger partial charge on any atom is -0.473 e. The van der Waals surface area contributed by atoms with Crippen LogP contribution in [-0.4, -0.2) is 84.8 Å². The van der Waals surface area contributed by atoms with Crippen LogP contribution in [0.2, 0.25) is 0 Å². The summed E-state index contributed by atoms with van der Waals surface area (Å²) in [6.07, 6.45) is 11.5. The van der Waals surface area contributed by atoms with E-state index < -0.39 is 17.6 Å². The normalized spacial score (nSPS) is 21.3. The van der Waals surface area contributed by atoms with E-state index in [2.05, 4.69) is 68.9 Å². The lowest BCUT2D eigenvalue weighted by molar-refractivity contribution is -0.159. The van der Waals surface area contributed by atoms with Crippen molar-refractivity contribution in [2.45, 2.75) is 141 Å². The summed E-state index contributed by atoms with van der Waals surface area (Å²) >= 11 is 3.29. The average Bonchev–Trinajstić information content (AvgIpc) is 3.41. The minimum atomic E-state index is -1.82. The lowest BCUT2D eigenvalue weighted by Crippen LogP contribution is -2.51. The lowest BCUT2D eigenvalue weighted by atomic mass is 9.87. The van der Waals surface area contributed by atoms with Crippen molar-refractivity contribution in [2.24, 2.45) is 0 Å². The number of aliphatic carboxylic acids is 2. The summed E-state index contributed by atoms with van der Waals surface area (Å²) in [5, 5.41) is 15.6. The Labute approximate surface area is 326 Å². The molecule has 2 N–H and O–H groups in total. The molecule has 55 heavy (non-hydrogen) atoms. The molecule has 3 aromatic rings. The molecular formula is C38H52BrN7O9. The van der Waals surface area contributed by atoms with E-state index in [-0.39, 0.29) is 22.7 Å². The van der Waals surface area contributed by atoms with Crippen LogP contribution in [0.15, 0.2) is 43.4 Å². The van der Waals surface area contributed by atoms with Crippen LogP contribution in [0, 0.1) is 6.92 Å². The predicted molar refractivity (Wildman–Crippen MR) is 207 cm³/mol. The molecule has 4 aliphatic heterocycles. The Kier molecular flexibility index (Phi) is 14.6. The summed E-state index contributed by atoms with van der Waals surface area (Å²) < 4.78 is 12.4. The molecule has 1 aromatic carbocycles. The maximum Gasteiger partial charge on any atom is 0.414 e. The van der Waals surface area contributed by atoms with Crippen LogP contribution in [0.25, 0.3) is 0 Å². The summed E-state index contributed by atoms with van der Waals surface area (Å²) in [7, 11) is 0. The van der Waals surface area contributed by atoms with Gasteiger partial charge in [0.05, 0.1) is 12.2 Å². The number of piperidine rings is 1. The number of benzene rings is 1. The first-order chi connectivity index (χ1) is 26.3. The summed E-state index contributed by atoms with van der Waals surface area (Å²) in [5.74, 6) is -2.34. The number of carboxylic acid groups (broad SMARTS) is 2. The number of aryl methyl sites for hydroxylation is 3. The number of alkyl halides is 1. The quantitative estimate of drug-likeness (QED) is 0.224. The van der Waals surface area contributed by atoms with Crippen LogP contribution in [0.3, 0.4) is 0 Å². The Bertz CT molecular complexity index is 2050. The summed E-state index contributed by atoms with van der Waals surface area (Å²) in [6, 6.07) is 9.48. The highest BCUT2D eigenvalue weighted by molar-refractivity contribution is 9.09. The van der Waals surface area contributed by atoms with Crippen LogP contribution in [0.5, 0.6) is 0 Å². The highest BCUT2D eigenvalue weighted by Crippen LogP contribution is 2.43. The first-order valence-corrected chi connectivity index (χ1v) is 20.3. The monoisotopic (exact) mass is 829 g/mol. The largest absolute Gasteiger partial charge is 0.473 e. The van der Waals surface area contributed by atoms with Crippen molar-refractivity contribution in [3.8, 4) is 0 Å². The second-order valence-electron chi connectivity index (χ2n) is 14.9. The molecule has 2 saturated heterocycles. The standard InChI is InChI=1S/C26H36N4O3.C10H14BrN3O2.C2H2O4/c1-19-8-3-4-9-20(19)18-33-26(2)16-21-11-12-22(17-26)28(21)14-7-15-30-24(31)27-23-10-5-6-13-29(23)25(30)32;11-5-3-7-14-9(15)12-8-4-1-2-6-13(8)10(14)16;3-1(4)2(5)6/h3-4,8-9,21-22H,5-7,10-18H2,1-2H3;1-7H2;(H,3,4)(H,5,6). The molecule has 2 unspecified atom stereocenters. The topological polar surface area (TPSA) is 201 Å². The first-order valence-electron chi connectivity index (χ1n) is 19.2. The lowest BCUT2D eigenvalue weighted by Gasteiger charge is -2.45. The van der Waals surface area contributed by atoms with E-state index in [0.29, 0.717) is 56.5 Å². The number of hydrogen-bond acceptors (Lipinski definition) is 10. The molecular weight excluding hydrogens is 778 g/mol. The fourth-order valence-electron chi connectivity index (χ4n) is 8.13. The van der Waals surface area contributed by atoms with E-state index in [1.165, 1.54) is 33.1 Å². The minimum absolute atomic E-state index is 0.0945. The number of nitrogens with zero attached hydrogens (tertiary/aromatic N) is 7. The van der Waals surface area contributed by atoms with Gasteiger partial charge in [0.15, 0.2) is 0 Å². The molecule has 16 nitrogen and oxygen atoms in total. The van der Waals surface area contributed by atoms with Gasteiger partial charge in [0.1, 0.15) is 11.6 Å². The van der Waals surface area contributed by atoms with Gasteiger partial charge in [-0.3, -0.25) is 14.0 Å². The van der Waals surface area contributed by atoms with E-state index in [1.54, 1.807) is 9.13 Å². The van der Waals surface area contributed by atoms with Crippen molar-refractivity contribution in [2.75, 3.05) is 11.9 Å².